The largest absolute Gasteiger partial charge is 0.463 e. The molecule has 166 valence electrons. The predicted molar refractivity (Wildman–Crippen MR) is 120 cm³/mol. The van der Waals surface area contributed by atoms with E-state index in [0.717, 1.165) is 0 Å². The molecule has 4 rings (SSSR count). The minimum absolute atomic E-state index is 0.0246. The minimum Gasteiger partial charge on any atom is -0.463 e. The van der Waals surface area contributed by atoms with Gasteiger partial charge in [0, 0.05) is 5.69 Å². The van der Waals surface area contributed by atoms with Gasteiger partial charge in [0.2, 0.25) is 15.9 Å². The molecule has 11 heteroatoms. The molecule has 0 aliphatic rings. The number of nitrogens with zero attached hydrogens (tertiary/aromatic N) is 1. The molecule has 4 N–H and O–H groups in total. The van der Waals surface area contributed by atoms with Crippen LogP contribution < -0.4 is 10.5 Å². The number of nitrogens with two attached hydrogens (primary N) is 1. The lowest BCUT2D eigenvalue weighted by Crippen LogP contribution is -2.24. The molecule has 0 fully saturated rings. The van der Waals surface area contributed by atoms with Crippen molar-refractivity contribution in [3.63, 3.8) is 0 Å². The van der Waals surface area contributed by atoms with Gasteiger partial charge in [0.1, 0.15) is 11.4 Å². The van der Waals surface area contributed by atoms with E-state index in [-0.39, 0.29) is 10.8 Å². The number of imidazole rings is 1. The van der Waals surface area contributed by atoms with Crippen molar-refractivity contribution >= 4 is 33.4 Å². The monoisotopic (exact) mass is 472 g/mol. The van der Waals surface area contributed by atoms with E-state index in [0.29, 0.717) is 40.2 Å². The van der Waals surface area contributed by atoms with E-state index in [4.69, 9.17) is 14.0 Å². The molecule has 3 aromatic heterocycles. The highest BCUT2D eigenvalue weighted by atomic mass is 32.2. The lowest BCUT2D eigenvalue weighted by molar-refractivity contribution is -0.115. The molecular weight excluding hydrogens is 452 g/mol. The third-order valence-corrected chi connectivity index (χ3v) is 6.75. The summed E-state index contributed by atoms with van der Waals surface area (Å²) in [7, 11) is -3.79. The molecule has 9 nitrogen and oxygen atoms in total. The van der Waals surface area contributed by atoms with Gasteiger partial charge in [0.15, 0.2) is 16.7 Å². The highest BCUT2D eigenvalue weighted by Crippen LogP contribution is 2.35. The first-order valence-electron chi connectivity index (χ1n) is 9.63. The number of rotatable bonds is 8. The maximum Gasteiger partial charge on any atom is 0.238 e. The zero-order valence-corrected chi connectivity index (χ0v) is 18.6. The average Bonchev–Trinajstić information content (AvgIpc) is 3.53. The standard InChI is InChI=1S/C21H20N4O5S2/c1-2-17(20(26)23-13-7-9-14(10-8-13)32(22,27)28)31-21-24-18(15-5-3-11-29-15)19(25-21)16-6-4-12-30-16/h3-12,17H,2H2,1H3,(H,23,26)(H,24,25)(H2,22,27,28). The van der Waals surface area contributed by atoms with Crippen LogP contribution in [-0.2, 0) is 14.8 Å². The first-order chi connectivity index (χ1) is 15.3. The van der Waals surface area contributed by atoms with Crippen molar-refractivity contribution in [1.29, 1.82) is 0 Å². The Bertz CT molecular complexity index is 1240. The van der Waals surface area contributed by atoms with Gasteiger partial charge in [0.05, 0.1) is 22.7 Å². The number of thioether (sulfide) groups is 1. The zero-order chi connectivity index (χ0) is 22.7. The van der Waals surface area contributed by atoms with Gasteiger partial charge in [0.25, 0.3) is 0 Å². The molecule has 4 aromatic rings. The molecule has 3 heterocycles. The van der Waals surface area contributed by atoms with Gasteiger partial charge >= 0.3 is 0 Å². The summed E-state index contributed by atoms with van der Waals surface area (Å²) in [4.78, 5) is 20.6. The Balaban J connectivity index is 1.53. The van der Waals surface area contributed by atoms with E-state index in [2.05, 4.69) is 15.3 Å². The molecule has 1 unspecified atom stereocenters. The van der Waals surface area contributed by atoms with Crippen LogP contribution in [0.4, 0.5) is 5.69 Å². The first kappa shape index (κ1) is 21.9. The summed E-state index contributed by atoms with van der Waals surface area (Å²) in [6, 6.07) is 12.8. The number of aromatic nitrogens is 2. The number of carbonyl (C=O) groups is 1. The molecule has 1 amide bonds. The summed E-state index contributed by atoms with van der Waals surface area (Å²) in [5.74, 6) is 0.937. The van der Waals surface area contributed by atoms with Gasteiger partial charge in [-0.15, -0.1) is 0 Å². The number of nitrogens with one attached hydrogen (secondary N) is 2. The average molecular weight is 473 g/mol. The molecule has 0 saturated heterocycles. The summed E-state index contributed by atoms with van der Waals surface area (Å²) in [6.07, 6.45) is 3.67. The van der Waals surface area contributed by atoms with E-state index in [1.165, 1.54) is 36.0 Å². The predicted octanol–water partition coefficient (Wildman–Crippen LogP) is 4.09. The number of hydrogen-bond acceptors (Lipinski definition) is 7. The lowest BCUT2D eigenvalue weighted by Gasteiger charge is -2.13. The highest BCUT2D eigenvalue weighted by Gasteiger charge is 2.24. The first-order valence-corrected chi connectivity index (χ1v) is 12.1. The quantitative estimate of drug-likeness (QED) is 0.328. The van der Waals surface area contributed by atoms with Crippen LogP contribution in [0, 0.1) is 0 Å². The van der Waals surface area contributed by atoms with Gasteiger partial charge in [-0.05, 0) is 55.0 Å². The third-order valence-electron chi connectivity index (χ3n) is 4.57. The van der Waals surface area contributed by atoms with Gasteiger partial charge in [-0.3, -0.25) is 4.79 Å². The number of primary sulfonamides is 1. The Labute approximate surface area is 188 Å². The number of aromatic amines is 1. The Morgan fingerprint density at radius 2 is 1.78 bits per heavy atom. The fourth-order valence-corrected chi connectivity index (χ4v) is 4.43. The van der Waals surface area contributed by atoms with E-state index < -0.39 is 15.3 Å². The molecule has 0 bridgehead atoms. The third kappa shape index (κ3) is 4.79. The van der Waals surface area contributed by atoms with E-state index >= 15 is 0 Å². The van der Waals surface area contributed by atoms with Gasteiger partial charge in [-0.25, -0.2) is 18.5 Å². The molecule has 0 aliphatic carbocycles. The SMILES string of the molecule is CCC(Sc1nc(-c2ccco2)c(-c2ccco2)[nH]1)C(=O)Nc1ccc(S(N)(=O)=O)cc1. The number of sulfonamides is 1. The van der Waals surface area contributed by atoms with Crippen LogP contribution in [0.2, 0.25) is 0 Å². The van der Waals surface area contributed by atoms with E-state index in [9.17, 15) is 13.2 Å². The number of amides is 1. The Hall–Kier alpha value is -3.28. The number of anilines is 1. The number of carbonyl (C=O) groups excluding carboxylic acids is 1. The minimum atomic E-state index is -3.79. The summed E-state index contributed by atoms with van der Waals surface area (Å²) in [5.41, 5.74) is 1.70. The summed E-state index contributed by atoms with van der Waals surface area (Å²) in [5, 5.41) is 7.99. The number of furan rings is 2. The lowest BCUT2D eigenvalue weighted by atomic mass is 10.2. The van der Waals surface area contributed by atoms with Crippen LogP contribution in [-0.4, -0.2) is 29.5 Å². The highest BCUT2D eigenvalue weighted by molar-refractivity contribution is 8.00. The fraction of sp³-hybridized carbons (Fsp3) is 0.143. The van der Waals surface area contributed by atoms with Crippen molar-refractivity contribution in [1.82, 2.24) is 9.97 Å². The summed E-state index contributed by atoms with van der Waals surface area (Å²) >= 11 is 1.28. The molecule has 0 saturated carbocycles. The Morgan fingerprint density at radius 1 is 1.12 bits per heavy atom. The number of hydrogen-bond donors (Lipinski definition) is 3. The second-order valence-electron chi connectivity index (χ2n) is 6.79. The van der Waals surface area contributed by atoms with Crippen LogP contribution in [0.1, 0.15) is 13.3 Å². The van der Waals surface area contributed by atoms with Gasteiger partial charge in [-0.2, -0.15) is 0 Å². The Kier molecular flexibility index (Phi) is 6.21. The van der Waals surface area contributed by atoms with Crippen LogP contribution in [0.25, 0.3) is 22.9 Å². The molecule has 0 spiro atoms. The molecule has 0 radical (unpaired) electrons. The second-order valence-corrected chi connectivity index (χ2v) is 9.55. The maximum atomic E-state index is 12.8. The van der Waals surface area contributed by atoms with E-state index in [1.807, 2.05) is 13.0 Å². The maximum absolute atomic E-state index is 12.8. The Morgan fingerprint density at radius 3 is 2.34 bits per heavy atom. The van der Waals surface area contributed by atoms with Crippen LogP contribution in [0.15, 0.2) is 79.9 Å². The van der Waals surface area contributed by atoms with Crippen molar-refractivity contribution in [3.8, 4) is 22.9 Å². The second kappa shape index (κ2) is 9.07. The van der Waals surface area contributed by atoms with E-state index in [1.54, 1.807) is 30.7 Å². The normalized spacial score (nSPS) is 12.6. The summed E-state index contributed by atoms with van der Waals surface area (Å²) < 4.78 is 33.8. The van der Waals surface area contributed by atoms with Crippen molar-refractivity contribution in [3.05, 3.63) is 61.1 Å². The van der Waals surface area contributed by atoms with Gasteiger partial charge < -0.3 is 19.1 Å². The number of H-pyrrole nitrogens is 1. The topological polar surface area (TPSA) is 144 Å². The zero-order valence-electron chi connectivity index (χ0n) is 16.9. The fourth-order valence-electron chi connectivity index (χ4n) is 3.01. The molecule has 1 aromatic carbocycles. The van der Waals surface area contributed by atoms with Crippen molar-refractivity contribution in [2.24, 2.45) is 5.14 Å². The van der Waals surface area contributed by atoms with Crippen molar-refractivity contribution in [2.75, 3.05) is 5.32 Å². The number of benzene rings is 1. The van der Waals surface area contributed by atoms with Crippen LogP contribution in [0.5, 0.6) is 0 Å². The molecule has 0 aliphatic heterocycles. The molecule has 32 heavy (non-hydrogen) atoms. The van der Waals surface area contributed by atoms with Crippen molar-refractivity contribution in [2.45, 2.75) is 28.6 Å². The van der Waals surface area contributed by atoms with Gasteiger partial charge in [-0.1, -0.05) is 18.7 Å². The smallest absolute Gasteiger partial charge is 0.238 e. The summed E-state index contributed by atoms with van der Waals surface area (Å²) in [6.45, 7) is 1.89. The van der Waals surface area contributed by atoms with Crippen LogP contribution >= 0.6 is 11.8 Å². The molecule has 1 atom stereocenters. The van der Waals surface area contributed by atoms with Crippen molar-refractivity contribution < 1.29 is 22.0 Å². The molecular formula is C21H20N4O5S2. The van der Waals surface area contributed by atoms with Crippen LogP contribution in [0.3, 0.4) is 0 Å².